The third kappa shape index (κ3) is 17.7. The Bertz CT molecular complexity index is 45.5. The second-order valence-corrected chi connectivity index (χ2v) is 6.92. The summed E-state index contributed by atoms with van der Waals surface area (Å²) in [6, 6.07) is 0. The van der Waals surface area contributed by atoms with Gasteiger partial charge in [-0.3, -0.25) is 0 Å². The molecular formula is C4H11Cl2IrOP. The molecule has 0 aromatic rings. The van der Waals surface area contributed by atoms with Crippen LogP contribution in [0, 0.1) is 0 Å². The van der Waals surface area contributed by atoms with E-state index in [-0.39, 0.29) is 0 Å². The van der Waals surface area contributed by atoms with Crippen molar-refractivity contribution < 1.29 is 20.6 Å². The fourth-order valence-corrected chi connectivity index (χ4v) is 0.671. The van der Waals surface area contributed by atoms with Gasteiger partial charge in [0.1, 0.15) is 0 Å². The SMILES string of the molecule is CCP(O)CC.[Cl][Ir][Cl]. The molecule has 5 heteroatoms. The average molecular weight is 369 g/mol. The van der Waals surface area contributed by atoms with Gasteiger partial charge < -0.3 is 4.89 Å². The number of halogens is 2. The monoisotopic (exact) mass is 369 g/mol. The van der Waals surface area contributed by atoms with Crippen LogP contribution >= 0.6 is 27.3 Å². The second-order valence-electron chi connectivity index (χ2n) is 1.19. The molecule has 0 aliphatic heterocycles. The molecule has 0 radical (unpaired) electrons. The van der Waals surface area contributed by atoms with Gasteiger partial charge in [0.2, 0.25) is 0 Å². The normalized spacial score (nSPS) is 9.11. The molecule has 0 aliphatic rings. The van der Waals surface area contributed by atoms with Crippen LogP contribution in [0.4, 0.5) is 0 Å². The summed E-state index contributed by atoms with van der Waals surface area (Å²) in [5.41, 5.74) is 0. The van der Waals surface area contributed by atoms with E-state index < -0.39 is 23.8 Å². The van der Waals surface area contributed by atoms with Gasteiger partial charge in [-0.25, -0.2) is 0 Å². The quantitative estimate of drug-likeness (QED) is 0.743. The van der Waals surface area contributed by atoms with Crippen molar-refractivity contribution in [2.45, 2.75) is 13.8 Å². The van der Waals surface area contributed by atoms with Crippen LogP contribution in [0.3, 0.4) is 0 Å². The van der Waals surface area contributed by atoms with Gasteiger partial charge in [-0.15, -0.1) is 0 Å². The van der Waals surface area contributed by atoms with Crippen LogP contribution in [-0.2, 0) is 15.7 Å². The van der Waals surface area contributed by atoms with Crippen LogP contribution in [0.5, 0.6) is 0 Å². The van der Waals surface area contributed by atoms with E-state index >= 15 is 0 Å². The molecule has 0 saturated carbocycles. The summed E-state index contributed by atoms with van der Waals surface area (Å²) in [6.07, 6.45) is 1.90. The number of hydrogen-bond donors (Lipinski definition) is 1. The van der Waals surface area contributed by atoms with E-state index in [2.05, 4.69) is 0 Å². The summed E-state index contributed by atoms with van der Waals surface area (Å²) in [6.45, 7) is 4.02. The fourth-order valence-electron chi connectivity index (χ4n) is 0.224. The first-order valence-corrected chi connectivity index (χ1v) is 10.1. The zero-order valence-electron chi connectivity index (χ0n) is 5.40. The minimum absolute atomic E-state index is 0.556. The van der Waals surface area contributed by atoms with Crippen LogP contribution in [0.1, 0.15) is 13.8 Å². The zero-order valence-corrected chi connectivity index (χ0v) is 10.2. The van der Waals surface area contributed by atoms with E-state index in [1.54, 1.807) is 0 Å². The molecule has 0 fully saturated rings. The van der Waals surface area contributed by atoms with E-state index in [1.807, 2.05) is 13.8 Å². The first-order chi connectivity index (χ1) is 4.22. The Morgan fingerprint density at radius 1 is 1.33 bits per heavy atom. The molecule has 0 bridgehead atoms. The van der Waals surface area contributed by atoms with E-state index in [1.165, 1.54) is 0 Å². The molecule has 0 spiro atoms. The molecule has 0 saturated heterocycles. The van der Waals surface area contributed by atoms with E-state index in [0.29, 0.717) is 0 Å². The topological polar surface area (TPSA) is 20.2 Å². The summed E-state index contributed by atoms with van der Waals surface area (Å²) in [5, 5.41) is 0. The van der Waals surface area contributed by atoms with Gasteiger partial charge >= 0.3 is 34.8 Å². The van der Waals surface area contributed by atoms with Gasteiger partial charge in [0.15, 0.2) is 0 Å². The predicted molar refractivity (Wildman–Crippen MR) is 41.9 cm³/mol. The molecule has 0 aromatic carbocycles. The number of rotatable bonds is 2. The molecule has 9 heavy (non-hydrogen) atoms. The van der Waals surface area contributed by atoms with Gasteiger partial charge in [-0.2, -0.15) is 0 Å². The fraction of sp³-hybridized carbons (Fsp3) is 1.00. The van der Waals surface area contributed by atoms with Gasteiger partial charge in [0.25, 0.3) is 0 Å². The number of hydrogen-bond acceptors (Lipinski definition) is 1. The van der Waals surface area contributed by atoms with Crippen LogP contribution < -0.4 is 0 Å². The van der Waals surface area contributed by atoms with Crippen molar-refractivity contribution in [1.29, 1.82) is 0 Å². The van der Waals surface area contributed by atoms with Crippen molar-refractivity contribution in [3.63, 3.8) is 0 Å². The van der Waals surface area contributed by atoms with Gasteiger partial charge in [0.05, 0.1) is 0 Å². The predicted octanol–water partition coefficient (Wildman–Crippen LogP) is 2.79. The van der Waals surface area contributed by atoms with E-state index in [9.17, 15) is 0 Å². The van der Waals surface area contributed by atoms with Crippen molar-refractivity contribution in [1.82, 2.24) is 0 Å². The summed E-state index contributed by atoms with van der Waals surface area (Å²) in [4.78, 5) is 8.73. The maximum atomic E-state index is 8.73. The van der Waals surface area contributed by atoms with Crippen molar-refractivity contribution in [3.05, 3.63) is 0 Å². The third-order valence-electron chi connectivity index (χ3n) is 0.730. The van der Waals surface area contributed by atoms with Crippen molar-refractivity contribution in [3.8, 4) is 0 Å². The van der Waals surface area contributed by atoms with Gasteiger partial charge in [-0.1, -0.05) is 13.8 Å². The maximum absolute atomic E-state index is 8.73. The Kier molecular flexibility index (Phi) is 18.1. The molecule has 1 nitrogen and oxygen atoms in total. The molecule has 0 atom stereocenters. The van der Waals surface area contributed by atoms with Crippen molar-refractivity contribution >= 4 is 27.3 Å². The Morgan fingerprint density at radius 2 is 1.56 bits per heavy atom. The standard InChI is InChI=1S/C4H11OP.2ClH.Ir/c1-3-6(5)4-2;;;/h5H,3-4H2,1-2H3;2*1H;/q;;;+2/p-2. The molecule has 0 aliphatic carbocycles. The Balaban J connectivity index is 0. The molecule has 0 unspecified atom stereocenters. The molecule has 1 N–H and O–H groups in total. The molecule has 0 heterocycles. The first kappa shape index (κ1) is 13.2. The van der Waals surface area contributed by atoms with Crippen LogP contribution in [0.2, 0.25) is 0 Å². The molecule has 0 aromatic heterocycles. The van der Waals surface area contributed by atoms with Crippen LogP contribution in [0.15, 0.2) is 0 Å². The molecule has 61 valence electrons. The minimum atomic E-state index is -0.576. The Morgan fingerprint density at radius 3 is 1.56 bits per heavy atom. The zero-order chi connectivity index (χ0) is 7.70. The van der Waals surface area contributed by atoms with Crippen LogP contribution in [-0.4, -0.2) is 17.2 Å². The van der Waals surface area contributed by atoms with E-state index in [0.717, 1.165) is 12.3 Å². The van der Waals surface area contributed by atoms with Gasteiger partial charge in [0, 0.05) is 8.15 Å². The molecular weight excluding hydrogens is 358 g/mol. The summed E-state index contributed by atoms with van der Waals surface area (Å²) >= 11 is -0.556. The summed E-state index contributed by atoms with van der Waals surface area (Å²) in [7, 11) is 9.20. The van der Waals surface area contributed by atoms with Crippen molar-refractivity contribution in [2.75, 3.05) is 12.3 Å². The van der Waals surface area contributed by atoms with Crippen molar-refractivity contribution in [2.24, 2.45) is 0 Å². The Labute approximate surface area is 73.9 Å². The average Bonchev–Trinajstić information content (AvgIpc) is 1.88. The second kappa shape index (κ2) is 12.3. The first-order valence-electron chi connectivity index (χ1n) is 2.50. The van der Waals surface area contributed by atoms with Crippen LogP contribution in [0.25, 0.3) is 0 Å². The third-order valence-corrected chi connectivity index (χ3v) is 2.19. The Hall–Kier alpha value is 1.62. The van der Waals surface area contributed by atoms with Gasteiger partial charge in [-0.05, 0) is 12.3 Å². The molecule has 0 amide bonds. The summed E-state index contributed by atoms with van der Waals surface area (Å²) < 4.78 is 0. The molecule has 0 rings (SSSR count). The van der Waals surface area contributed by atoms with E-state index in [4.69, 9.17) is 24.1 Å². The summed E-state index contributed by atoms with van der Waals surface area (Å²) in [5.74, 6) is 0.